The number of aryl methyl sites for hydroxylation is 1. The Balaban J connectivity index is 1.64. The summed E-state index contributed by atoms with van der Waals surface area (Å²) in [6, 6.07) is 17.0. The first kappa shape index (κ1) is 18.4. The summed E-state index contributed by atoms with van der Waals surface area (Å²) in [5, 5.41) is 5.99. The van der Waals surface area contributed by atoms with Crippen LogP contribution in [-0.2, 0) is 6.54 Å². The first-order chi connectivity index (χ1) is 13.2. The van der Waals surface area contributed by atoms with Crippen LogP contribution in [0.25, 0.3) is 0 Å². The molecular weight excluding hydrogens is 340 g/mol. The van der Waals surface area contributed by atoms with Gasteiger partial charge in [0.2, 0.25) is 5.95 Å². The maximum absolute atomic E-state index is 12.4. The molecule has 0 bridgehead atoms. The molecule has 6 nitrogen and oxygen atoms in total. The van der Waals surface area contributed by atoms with Gasteiger partial charge in [0.1, 0.15) is 11.4 Å². The molecule has 0 saturated heterocycles. The summed E-state index contributed by atoms with van der Waals surface area (Å²) in [6.45, 7) is 5.04. The largest absolute Gasteiger partial charge is 0.494 e. The topological polar surface area (TPSA) is 76.1 Å². The third kappa shape index (κ3) is 5.04. The van der Waals surface area contributed by atoms with E-state index in [0.717, 1.165) is 22.6 Å². The molecule has 3 aromatic rings. The fraction of sp³-hybridized carbons (Fsp3) is 0.190. The smallest absolute Gasteiger partial charge is 0.270 e. The van der Waals surface area contributed by atoms with Crippen LogP contribution in [0.3, 0.4) is 0 Å². The molecule has 27 heavy (non-hydrogen) atoms. The lowest BCUT2D eigenvalue weighted by atomic mass is 10.1. The van der Waals surface area contributed by atoms with Crippen molar-refractivity contribution in [1.82, 2.24) is 15.3 Å². The lowest BCUT2D eigenvalue weighted by molar-refractivity contribution is 0.0946. The molecule has 2 aromatic carbocycles. The quantitative estimate of drug-likeness (QED) is 0.667. The van der Waals surface area contributed by atoms with Crippen LogP contribution in [0.1, 0.15) is 28.5 Å². The number of ether oxygens (including phenoxy) is 1. The van der Waals surface area contributed by atoms with Crippen molar-refractivity contribution in [1.29, 1.82) is 0 Å². The Morgan fingerprint density at radius 1 is 1.07 bits per heavy atom. The van der Waals surface area contributed by atoms with Gasteiger partial charge in [-0.1, -0.05) is 24.3 Å². The normalized spacial score (nSPS) is 10.3. The summed E-state index contributed by atoms with van der Waals surface area (Å²) < 4.78 is 5.42. The van der Waals surface area contributed by atoms with Gasteiger partial charge in [-0.25, -0.2) is 9.97 Å². The van der Waals surface area contributed by atoms with E-state index in [9.17, 15) is 4.79 Å². The summed E-state index contributed by atoms with van der Waals surface area (Å²) in [4.78, 5) is 20.9. The minimum Gasteiger partial charge on any atom is -0.494 e. The predicted octanol–water partition coefficient (Wildman–Crippen LogP) is 3.86. The number of carbonyl (C=O) groups excluding carboxylic acids is 1. The Labute approximate surface area is 158 Å². The van der Waals surface area contributed by atoms with Gasteiger partial charge in [-0.15, -0.1) is 0 Å². The van der Waals surface area contributed by atoms with Crippen molar-refractivity contribution < 1.29 is 9.53 Å². The number of carbonyl (C=O) groups is 1. The van der Waals surface area contributed by atoms with Crippen LogP contribution in [0.15, 0.2) is 60.8 Å². The zero-order chi connectivity index (χ0) is 19.1. The zero-order valence-electron chi connectivity index (χ0n) is 15.4. The molecule has 6 heteroatoms. The molecule has 3 rings (SSSR count). The summed E-state index contributed by atoms with van der Waals surface area (Å²) in [5.74, 6) is 0.923. The van der Waals surface area contributed by atoms with Crippen molar-refractivity contribution in [2.75, 3.05) is 11.9 Å². The molecule has 0 aliphatic rings. The van der Waals surface area contributed by atoms with Crippen molar-refractivity contribution in [2.24, 2.45) is 0 Å². The molecule has 138 valence electrons. The molecule has 0 spiro atoms. The molecule has 1 aromatic heterocycles. The van der Waals surface area contributed by atoms with Crippen LogP contribution < -0.4 is 15.4 Å². The van der Waals surface area contributed by atoms with Gasteiger partial charge in [0, 0.05) is 18.4 Å². The maximum atomic E-state index is 12.4. The second kappa shape index (κ2) is 8.80. The third-order valence-corrected chi connectivity index (χ3v) is 4.01. The molecule has 0 aliphatic heterocycles. The number of aromatic nitrogens is 2. The Morgan fingerprint density at radius 3 is 2.59 bits per heavy atom. The number of hydrogen-bond donors (Lipinski definition) is 2. The Morgan fingerprint density at radius 2 is 1.85 bits per heavy atom. The number of hydrogen-bond acceptors (Lipinski definition) is 5. The minimum atomic E-state index is -0.240. The highest BCUT2D eigenvalue weighted by Gasteiger charge is 2.09. The van der Waals surface area contributed by atoms with Gasteiger partial charge in [0.05, 0.1) is 6.61 Å². The summed E-state index contributed by atoms with van der Waals surface area (Å²) in [5.41, 5.74) is 3.34. The fourth-order valence-electron chi connectivity index (χ4n) is 2.55. The second-order valence-electron chi connectivity index (χ2n) is 5.96. The van der Waals surface area contributed by atoms with Crippen LogP contribution in [0.5, 0.6) is 5.75 Å². The van der Waals surface area contributed by atoms with E-state index in [-0.39, 0.29) is 5.91 Å². The van der Waals surface area contributed by atoms with Gasteiger partial charge in [0.25, 0.3) is 5.91 Å². The molecular formula is C21H22N4O2. The van der Waals surface area contributed by atoms with Gasteiger partial charge < -0.3 is 15.4 Å². The van der Waals surface area contributed by atoms with Crippen LogP contribution in [-0.4, -0.2) is 22.5 Å². The molecule has 0 atom stereocenters. The molecule has 2 N–H and O–H groups in total. The lowest BCUT2D eigenvalue weighted by Gasteiger charge is -2.09. The standard InChI is InChI=1S/C21H22N4O2/c1-3-27-18-10-8-17(9-11-18)24-21-22-13-12-19(25-21)20(26)23-14-16-7-5-4-6-15(16)2/h4-13H,3,14H2,1-2H3,(H,23,26)(H,22,24,25). The van der Waals surface area contributed by atoms with E-state index in [1.807, 2.05) is 62.4 Å². The SMILES string of the molecule is CCOc1ccc(Nc2nccc(C(=O)NCc3ccccc3C)n2)cc1. The average molecular weight is 362 g/mol. The lowest BCUT2D eigenvalue weighted by Crippen LogP contribution is -2.24. The highest BCUT2D eigenvalue weighted by atomic mass is 16.5. The molecule has 0 unspecified atom stereocenters. The van der Waals surface area contributed by atoms with Gasteiger partial charge in [0.15, 0.2) is 0 Å². The van der Waals surface area contributed by atoms with Crippen molar-refractivity contribution >= 4 is 17.5 Å². The molecule has 1 amide bonds. The van der Waals surface area contributed by atoms with E-state index in [1.54, 1.807) is 12.3 Å². The maximum Gasteiger partial charge on any atom is 0.270 e. The molecule has 0 aliphatic carbocycles. The molecule has 0 saturated carbocycles. The summed E-state index contributed by atoms with van der Waals surface area (Å²) in [6.07, 6.45) is 1.56. The van der Waals surface area contributed by atoms with E-state index in [1.165, 1.54) is 0 Å². The monoisotopic (exact) mass is 362 g/mol. The third-order valence-electron chi connectivity index (χ3n) is 4.01. The van der Waals surface area contributed by atoms with Crippen LogP contribution >= 0.6 is 0 Å². The van der Waals surface area contributed by atoms with Crippen molar-refractivity contribution in [3.05, 3.63) is 77.6 Å². The van der Waals surface area contributed by atoms with Crippen LogP contribution in [0, 0.1) is 6.92 Å². The number of rotatable bonds is 7. The highest BCUT2D eigenvalue weighted by Crippen LogP contribution is 2.18. The van der Waals surface area contributed by atoms with Gasteiger partial charge in [-0.3, -0.25) is 4.79 Å². The number of benzene rings is 2. The van der Waals surface area contributed by atoms with Crippen LogP contribution in [0.2, 0.25) is 0 Å². The second-order valence-corrected chi connectivity index (χ2v) is 5.96. The molecule has 0 radical (unpaired) electrons. The van der Waals surface area contributed by atoms with Crippen LogP contribution in [0.4, 0.5) is 11.6 Å². The summed E-state index contributed by atoms with van der Waals surface area (Å²) in [7, 11) is 0. The van der Waals surface area contributed by atoms with E-state index in [2.05, 4.69) is 20.6 Å². The van der Waals surface area contributed by atoms with Crippen molar-refractivity contribution in [2.45, 2.75) is 20.4 Å². The van der Waals surface area contributed by atoms with Crippen molar-refractivity contribution in [3.8, 4) is 5.75 Å². The number of anilines is 2. The fourth-order valence-corrected chi connectivity index (χ4v) is 2.55. The minimum absolute atomic E-state index is 0.240. The highest BCUT2D eigenvalue weighted by molar-refractivity contribution is 5.92. The summed E-state index contributed by atoms with van der Waals surface area (Å²) >= 11 is 0. The Kier molecular flexibility index (Phi) is 5.99. The number of nitrogens with one attached hydrogen (secondary N) is 2. The van der Waals surface area contributed by atoms with Crippen molar-refractivity contribution in [3.63, 3.8) is 0 Å². The van der Waals surface area contributed by atoms with Gasteiger partial charge >= 0.3 is 0 Å². The van der Waals surface area contributed by atoms with E-state index >= 15 is 0 Å². The van der Waals surface area contributed by atoms with Gasteiger partial charge in [-0.2, -0.15) is 0 Å². The predicted molar refractivity (Wildman–Crippen MR) is 105 cm³/mol. The molecule has 0 fully saturated rings. The Hall–Kier alpha value is -3.41. The van der Waals surface area contributed by atoms with Gasteiger partial charge in [-0.05, 0) is 55.3 Å². The molecule has 1 heterocycles. The van der Waals surface area contributed by atoms with E-state index < -0.39 is 0 Å². The average Bonchev–Trinajstić information content (AvgIpc) is 2.69. The zero-order valence-corrected chi connectivity index (χ0v) is 15.4. The number of nitrogens with zero attached hydrogens (tertiary/aromatic N) is 2. The number of amides is 1. The van der Waals surface area contributed by atoms with E-state index in [0.29, 0.717) is 24.8 Å². The first-order valence-electron chi connectivity index (χ1n) is 8.81. The first-order valence-corrected chi connectivity index (χ1v) is 8.81. The van der Waals surface area contributed by atoms with E-state index in [4.69, 9.17) is 4.74 Å². The Bertz CT molecular complexity index is 910.